The summed E-state index contributed by atoms with van der Waals surface area (Å²) < 4.78 is 29.2. The molecule has 2 aromatic carbocycles. The molecule has 33 heavy (non-hydrogen) atoms. The molecule has 1 saturated heterocycles. The van der Waals surface area contributed by atoms with Gasteiger partial charge in [0.2, 0.25) is 5.76 Å². The molecule has 0 unspecified atom stereocenters. The zero-order valence-corrected chi connectivity index (χ0v) is 17.5. The zero-order chi connectivity index (χ0) is 23.4. The number of methoxy groups -OCH3 is 1. The van der Waals surface area contributed by atoms with Gasteiger partial charge in [-0.15, -0.1) is 0 Å². The second-order valence-corrected chi connectivity index (χ2v) is 7.09. The van der Waals surface area contributed by atoms with Crippen LogP contribution in [0.5, 0.6) is 5.75 Å². The van der Waals surface area contributed by atoms with Crippen molar-refractivity contribution in [1.82, 2.24) is 10.2 Å². The molecule has 0 radical (unpaired) electrons. The Balaban J connectivity index is 1.40. The minimum Gasteiger partial charge on any atom is -0.489 e. The second kappa shape index (κ2) is 9.39. The van der Waals surface area contributed by atoms with Gasteiger partial charge in [-0.25, -0.2) is 14.0 Å². The average Bonchev–Trinajstić information content (AvgIpc) is 3.39. The number of urea groups is 1. The van der Waals surface area contributed by atoms with E-state index in [1.807, 2.05) is 0 Å². The van der Waals surface area contributed by atoms with Gasteiger partial charge in [-0.3, -0.25) is 9.69 Å². The smallest absolute Gasteiger partial charge is 0.373 e. The highest BCUT2D eigenvalue weighted by Gasteiger charge is 2.34. The Kier molecular flexibility index (Phi) is 6.21. The van der Waals surface area contributed by atoms with Crippen molar-refractivity contribution in [2.45, 2.75) is 13.2 Å². The molecule has 0 aliphatic carbocycles. The fourth-order valence-corrected chi connectivity index (χ4v) is 3.15. The summed E-state index contributed by atoms with van der Waals surface area (Å²) in [5.74, 6) is -0.751. The van der Waals surface area contributed by atoms with Gasteiger partial charge >= 0.3 is 12.0 Å². The van der Waals surface area contributed by atoms with E-state index in [-0.39, 0.29) is 36.2 Å². The summed E-state index contributed by atoms with van der Waals surface area (Å²) >= 11 is 0. The van der Waals surface area contributed by atoms with E-state index in [1.54, 1.807) is 42.5 Å². The summed E-state index contributed by atoms with van der Waals surface area (Å²) in [6.45, 7) is -0.0527. The minimum atomic E-state index is -0.652. The number of halogens is 1. The molecule has 0 spiro atoms. The molecule has 1 aliphatic rings. The molecule has 3 amide bonds. The molecule has 168 valence electrons. The molecule has 9 heteroatoms. The molecule has 3 aromatic rings. The van der Waals surface area contributed by atoms with Crippen LogP contribution in [0.1, 0.15) is 27.4 Å². The van der Waals surface area contributed by atoms with Gasteiger partial charge in [-0.05, 0) is 42.0 Å². The first kappa shape index (κ1) is 21.8. The number of furan rings is 1. The second-order valence-electron chi connectivity index (χ2n) is 7.09. The molecule has 1 aliphatic heterocycles. The van der Waals surface area contributed by atoms with Crippen molar-refractivity contribution in [1.29, 1.82) is 0 Å². The summed E-state index contributed by atoms with van der Waals surface area (Å²) in [6.07, 6.45) is 1.53. The van der Waals surface area contributed by atoms with Crippen LogP contribution in [0.3, 0.4) is 0 Å². The fourth-order valence-electron chi connectivity index (χ4n) is 3.15. The van der Waals surface area contributed by atoms with Gasteiger partial charge in [-0.2, -0.15) is 0 Å². The molecular weight excluding hydrogens is 431 g/mol. The van der Waals surface area contributed by atoms with Crippen LogP contribution >= 0.6 is 0 Å². The van der Waals surface area contributed by atoms with Crippen LogP contribution in [0, 0.1) is 5.82 Å². The first-order valence-corrected chi connectivity index (χ1v) is 9.92. The van der Waals surface area contributed by atoms with Gasteiger partial charge in [0.05, 0.1) is 13.7 Å². The number of carbonyl (C=O) groups excluding carboxylic acids is 3. The number of nitrogens with one attached hydrogen (secondary N) is 1. The first-order chi connectivity index (χ1) is 15.9. The highest BCUT2D eigenvalue weighted by molar-refractivity contribution is 6.13. The third kappa shape index (κ3) is 4.93. The zero-order valence-electron chi connectivity index (χ0n) is 17.5. The van der Waals surface area contributed by atoms with Crippen molar-refractivity contribution in [2.75, 3.05) is 7.11 Å². The molecule has 8 nitrogen and oxygen atoms in total. The number of esters is 1. The van der Waals surface area contributed by atoms with Gasteiger partial charge in [-0.1, -0.05) is 30.3 Å². The maximum atomic E-state index is 13.7. The number of rotatable bonds is 7. The van der Waals surface area contributed by atoms with E-state index in [1.165, 1.54) is 31.4 Å². The normalized spacial score (nSPS) is 14.5. The van der Waals surface area contributed by atoms with Crippen LogP contribution in [-0.4, -0.2) is 29.9 Å². The van der Waals surface area contributed by atoms with Crippen LogP contribution in [0.4, 0.5) is 9.18 Å². The summed E-state index contributed by atoms with van der Waals surface area (Å²) in [4.78, 5) is 37.4. The molecular formula is C24H19FN2O6. The van der Waals surface area contributed by atoms with Crippen molar-refractivity contribution in [3.8, 4) is 5.75 Å². The summed E-state index contributed by atoms with van der Waals surface area (Å²) in [5.41, 5.74) is 1.20. The van der Waals surface area contributed by atoms with E-state index in [0.29, 0.717) is 16.9 Å². The monoisotopic (exact) mass is 450 g/mol. The molecule has 4 rings (SSSR count). The Bertz CT molecular complexity index is 1230. The predicted octanol–water partition coefficient (Wildman–Crippen LogP) is 3.88. The maximum absolute atomic E-state index is 13.7. The Morgan fingerprint density at radius 2 is 1.85 bits per heavy atom. The maximum Gasteiger partial charge on any atom is 0.373 e. The highest BCUT2D eigenvalue weighted by Crippen LogP contribution is 2.21. The van der Waals surface area contributed by atoms with Crippen molar-refractivity contribution in [3.05, 3.63) is 94.8 Å². The Morgan fingerprint density at radius 3 is 2.58 bits per heavy atom. The van der Waals surface area contributed by atoms with Crippen molar-refractivity contribution in [3.63, 3.8) is 0 Å². The van der Waals surface area contributed by atoms with E-state index in [4.69, 9.17) is 9.15 Å². The lowest BCUT2D eigenvalue weighted by molar-refractivity contribution is -0.123. The van der Waals surface area contributed by atoms with Crippen molar-refractivity contribution >= 4 is 24.0 Å². The lowest BCUT2D eigenvalue weighted by Gasteiger charge is -2.09. The third-order valence-electron chi connectivity index (χ3n) is 4.87. The van der Waals surface area contributed by atoms with Crippen LogP contribution in [0.15, 0.2) is 70.8 Å². The number of hydrogen-bond donors (Lipinski definition) is 1. The van der Waals surface area contributed by atoms with Crippen LogP contribution in [0.2, 0.25) is 0 Å². The number of carbonyl (C=O) groups is 3. The van der Waals surface area contributed by atoms with E-state index in [9.17, 15) is 18.8 Å². The summed E-state index contributed by atoms with van der Waals surface area (Å²) in [5, 5.41) is 2.52. The number of nitrogens with zero attached hydrogens (tertiary/aromatic N) is 1. The number of hydrogen-bond acceptors (Lipinski definition) is 6. The van der Waals surface area contributed by atoms with Crippen LogP contribution in [0.25, 0.3) is 6.08 Å². The Morgan fingerprint density at radius 1 is 1.09 bits per heavy atom. The highest BCUT2D eigenvalue weighted by atomic mass is 19.1. The molecule has 1 N–H and O–H groups in total. The first-order valence-electron chi connectivity index (χ1n) is 9.92. The van der Waals surface area contributed by atoms with Gasteiger partial charge < -0.3 is 19.2 Å². The quantitative estimate of drug-likeness (QED) is 0.333. The standard InChI is InChI=1S/C24H19FN2O6/c1-31-23(29)21-11-10-18(33-21)13-27-22(28)20(26-24(27)30)12-15-6-8-17(9-7-15)32-14-16-4-2-3-5-19(16)25/h2-12H,13-14H2,1H3,(H,26,30)/b20-12-. The lowest BCUT2D eigenvalue weighted by Crippen LogP contribution is -2.30. The number of ether oxygens (including phenoxy) is 2. The van der Waals surface area contributed by atoms with E-state index >= 15 is 0 Å². The lowest BCUT2D eigenvalue weighted by atomic mass is 10.2. The van der Waals surface area contributed by atoms with Gasteiger partial charge in [0.1, 0.15) is 29.6 Å². The molecule has 0 atom stereocenters. The van der Waals surface area contributed by atoms with Gasteiger partial charge in [0, 0.05) is 5.56 Å². The number of imide groups is 1. The molecule has 0 bridgehead atoms. The Hall–Kier alpha value is -4.40. The summed E-state index contributed by atoms with van der Waals surface area (Å²) in [7, 11) is 1.22. The fraction of sp³-hybridized carbons (Fsp3) is 0.125. The largest absolute Gasteiger partial charge is 0.489 e. The number of amides is 3. The van der Waals surface area contributed by atoms with E-state index in [2.05, 4.69) is 10.1 Å². The van der Waals surface area contributed by atoms with Crippen molar-refractivity contribution in [2.24, 2.45) is 0 Å². The topological polar surface area (TPSA) is 98.1 Å². The van der Waals surface area contributed by atoms with Crippen LogP contribution < -0.4 is 10.1 Å². The van der Waals surface area contributed by atoms with E-state index in [0.717, 1.165) is 4.90 Å². The van der Waals surface area contributed by atoms with E-state index < -0.39 is 17.9 Å². The van der Waals surface area contributed by atoms with Gasteiger partial charge in [0.15, 0.2) is 0 Å². The van der Waals surface area contributed by atoms with Crippen LogP contribution in [-0.2, 0) is 22.7 Å². The minimum absolute atomic E-state index is 0.0207. The third-order valence-corrected chi connectivity index (χ3v) is 4.87. The predicted molar refractivity (Wildman–Crippen MR) is 114 cm³/mol. The Labute approximate surface area is 188 Å². The molecule has 0 saturated carbocycles. The molecule has 1 aromatic heterocycles. The molecule has 2 heterocycles. The summed E-state index contributed by atoms with van der Waals surface area (Å²) in [6, 6.07) is 15.4. The van der Waals surface area contributed by atoms with Gasteiger partial charge in [0.25, 0.3) is 5.91 Å². The number of benzene rings is 2. The van der Waals surface area contributed by atoms with Crippen molar-refractivity contribution < 1.29 is 32.7 Å². The SMILES string of the molecule is COC(=O)c1ccc(CN2C(=O)N/C(=C\c3ccc(OCc4ccccc4F)cc3)C2=O)o1. The average molecular weight is 450 g/mol. The molecule has 1 fully saturated rings.